The van der Waals surface area contributed by atoms with Crippen LogP contribution in [-0.4, -0.2) is 12.5 Å². The summed E-state index contributed by atoms with van der Waals surface area (Å²) in [4.78, 5) is 11.7. The van der Waals surface area contributed by atoms with Gasteiger partial charge in [0.2, 0.25) is 0 Å². The number of halogens is 1. The van der Waals surface area contributed by atoms with Gasteiger partial charge in [0, 0.05) is 24.3 Å². The molecule has 94 valence electrons. The summed E-state index contributed by atoms with van der Waals surface area (Å²) in [6.45, 7) is 2.91. The summed E-state index contributed by atoms with van der Waals surface area (Å²) < 4.78 is 0. The predicted octanol–water partition coefficient (Wildman–Crippen LogP) is 1.97. The zero-order chi connectivity index (χ0) is 13.4. The van der Waals surface area contributed by atoms with Crippen molar-refractivity contribution < 1.29 is 4.79 Å². The first-order valence-electron chi connectivity index (χ1n) is 5.53. The maximum atomic E-state index is 11.7. The molecule has 0 aliphatic heterocycles. The van der Waals surface area contributed by atoms with Crippen molar-refractivity contribution in [3.63, 3.8) is 0 Å². The van der Waals surface area contributed by atoms with Gasteiger partial charge in [-0.15, -0.1) is 0 Å². The summed E-state index contributed by atoms with van der Waals surface area (Å²) in [6, 6.07) is 9.00. The normalized spacial score (nSPS) is 10.6. The Hall–Kier alpha value is -1.99. The number of carbonyl (C=O) groups excluding carboxylic acids is 1. The summed E-state index contributed by atoms with van der Waals surface area (Å²) in [6.07, 6.45) is 1.41. The van der Waals surface area contributed by atoms with Crippen LogP contribution in [0.3, 0.4) is 0 Å². The third-order valence-electron chi connectivity index (χ3n) is 2.18. The lowest BCUT2D eigenvalue weighted by Crippen LogP contribution is -2.25. The van der Waals surface area contributed by atoms with Gasteiger partial charge in [-0.2, -0.15) is 5.26 Å². The number of rotatable bonds is 5. The molecule has 18 heavy (non-hydrogen) atoms. The van der Waals surface area contributed by atoms with Crippen LogP contribution in [0.2, 0.25) is 5.02 Å². The fourth-order valence-electron chi connectivity index (χ4n) is 1.23. The van der Waals surface area contributed by atoms with E-state index in [1.165, 1.54) is 6.20 Å². The molecule has 1 amide bonds. The van der Waals surface area contributed by atoms with Crippen LogP contribution in [0.4, 0.5) is 0 Å². The Morgan fingerprint density at radius 3 is 2.67 bits per heavy atom. The van der Waals surface area contributed by atoms with Gasteiger partial charge in [0.1, 0.15) is 11.6 Å². The molecule has 0 heterocycles. The molecule has 1 rings (SSSR count). The number of benzene rings is 1. The molecule has 0 fully saturated rings. The molecule has 0 saturated carbocycles. The van der Waals surface area contributed by atoms with E-state index >= 15 is 0 Å². The second-order valence-electron chi connectivity index (χ2n) is 3.54. The fourth-order valence-corrected chi connectivity index (χ4v) is 1.36. The van der Waals surface area contributed by atoms with Crippen LogP contribution in [0, 0.1) is 11.3 Å². The number of amides is 1. The maximum absolute atomic E-state index is 11.7. The van der Waals surface area contributed by atoms with Gasteiger partial charge < -0.3 is 10.6 Å². The zero-order valence-corrected chi connectivity index (χ0v) is 10.8. The van der Waals surface area contributed by atoms with Gasteiger partial charge in [0.15, 0.2) is 0 Å². The molecule has 0 spiro atoms. The highest BCUT2D eigenvalue weighted by atomic mass is 35.5. The Kier molecular flexibility index (Phi) is 5.75. The van der Waals surface area contributed by atoms with Crippen LogP contribution in [0.1, 0.15) is 12.5 Å². The van der Waals surface area contributed by atoms with Crippen LogP contribution in [0.5, 0.6) is 0 Å². The molecule has 0 bridgehead atoms. The monoisotopic (exact) mass is 263 g/mol. The van der Waals surface area contributed by atoms with Gasteiger partial charge in [0.05, 0.1) is 0 Å². The highest BCUT2D eigenvalue weighted by molar-refractivity contribution is 6.30. The predicted molar refractivity (Wildman–Crippen MR) is 70.7 cm³/mol. The minimum absolute atomic E-state index is 0.0609. The first-order chi connectivity index (χ1) is 8.67. The fraction of sp³-hybridized carbons (Fsp3) is 0.231. The van der Waals surface area contributed by atoms with Gasteiger partial charge >= 0.3 is 0 Å². The topological polar surface area (TPSA) is 64.9 Å². The van der Waals surface area contributed by atoms with E-state index in [1.807, 2.05) is 25.1 Å². The highest BCUT2D eigenvalue weighted by Gasteiger charge is 2.07. The van der Waals surface area contributed by atoms with Crippen LogP contribution in [0.15, 0.2) is 36.0 Å². The second-order valence-corrected chi connectivity index (χ2v) is 3.97. The van der Waals surface area contributed by atoms with Crippen LogP contribution >= 0.6 is 11.6 Å². The molecule has 0 radical (unpaired) electrons. The van der Waals surface area contributed by atoms with Crippen molar-refractivity contribution in [2.24, 2.45) is 0 Å². The van der Waals surface area contributed by atoms with E-state index in [2.05, 4.69) is 10.6 Å². The number of carbonyl (C=O) groups is 1. The summed E-state index contributed by atoms with van der Waals surface area (Å²) in [5.41, 5.74) is 0.985. The lowest BCUT2D eigenvalue weighted by Gasteiger charge is -2.04. The van der Waals surface area contributed by atoms with Crippen molar-refractivity contribution in [2.45, 2.75) is 13.5 Å². The second kappa shape index (κ2) is 7.36. The van der Waals surface area contributed by atoms with Crippen molar-refractivity contribution in [3.8, 4) is 6.07 Å². The molecule has 1 aromatic carbocycles. The molecule has 0 aliphatic rings. The Morgan fingerprint density at radius 2 is 2.11 bits per heavy atom. The number of nitrogens with zero attached hydrogens (tertiary/aromatic N) is 1. The molecule has 0 saturated heterocycles. The number of nitriles is 1. The molecule has 0 atom stereocenters. The molecular formula is C13H14ClN3O. The number of hydrogen-bond acceptors (Lipinski definition) is 3. The molecular weight excluding hydrogens is 250 g/mol. The van der Waals surface area contributed by atoms with Crippen LogP contribution in [-0.2, 0) is 11.3 Å². The molecule has 5 heteroatoms. The van der Waals surface area contributed by atoms with E-state index in [4.69, 9.17) is 16.9 Å². The van der Waals surface area contributed by atoms with Gasteiger partial charge in [-0.25, -0.2) is 0 Å². The van der Waals surface area contributed by atoms with E-state index in [1.54, 1.807) is 12.1 Å². The van der Waals surface area contributed by atoms with E-state index in [-0.39, 0.29) is 5.57 Å². The average Bonchev–Trinajstić information content (AvgIpc) is 2.39. The molecule has 2 N–H and O–H groups in total. The molecule has 0 aliphatic carbocycles. The van der Waals surface area contributed by atoms with Crippen molar-refractivity contribution in [1.82, 2.24) is 10.6 Å². The zero-order valence-electron chi connectivity index (χ0n) is 10.0. The Bertz CT molecular complexity index is 474. The third kappa shape index (κ3) is 4.48. The summed E-state index contributed by atoms with van der Waals surface area (Å²) >= 11 is 5.76. The SMILES string of the molecule is CCN/C=C(/C#N)C(=O)NCc1ccc(Cl)cc1. The lowest BCUT2D eigenvalue weighted by molar-refractivity contribution is -0.117. The van der Waals surface area contributed by atoms with E-state index in [0.717, 1.165) is 5.56 Å². The van der Waals surface area contributed by atoms with Gasteiger partial charge in [-0.3, -0.25) is 4.79 Å². The van der Waals surface area contributed by atoms with E-state index in [0.29, 0.717) is 18.1 Å². The lowest BCUT2D eigenvalue weighted by atomic mass is 10.2. The van der Waals surface area contributed by atoms with Crippen LogP contribution in [0.25, 0.3) is 0 Å². The van der Waals surface area contributed by atoms with E-state index in [9.17, 15) is 4.79 Å². The Morgan fingerprint density at radius 1 is 1.44 bits per heavy atom. The summed E-state index contributed by atoms with van der Waals surface area (Å²) in [7, 11) is 0. The molecule has 0 unspecified atom stereocenters. The van der Waals surface area contributed by atoms with Gasteiger partial charge in [0.25, 0.3) is 5.91 Å². The minimum Gasteiger partial charge on any atom is -0.390 e. The van der Waals surface area contributed by atoms with Crippen LogP contribution < -0.4 is 10.6 Å². The first kappa shape index (κ1) is 14.1. The minimum atomic E-state index is -0.395. The summed E-state index contributed by atoms with van der Waals surface area (Å²) in [5.74, 6) is -0.395. The smallest absolute Gasteiger partial charge is 0.263 e. The molecule has 1 aromatic rings. The Balaban J connectivity index is 2.55. The first-order valence-corrected chi connectivity index (χ1v) is 5.91. The molecule has 0 aromatic heterocycles. The van der Waals surface area contributed by atoms with Gasteiger partial charge in [-0.1, -0.05) is 23.7 Å². The van der Waals surface area contributed by atoms with Gasteiger partial charge in [-0.05, 0) is 24.6 Å². The third-order valence-corrected chi connectivity index (χ3v) is 2.43. The average molecular weight is 264 g/mol. The largest absolute Gasteiger partial charge is 0.390 e. The van der Waals surface area contributed by atoms with Crippen molar-refractivity contribution in [1.29, 1.82) is 5.26 Å². The number of hydrogen-bond donors (Lipinski definition) is 2. The maximum Gasteiger partial charge on any atom is 0.263 e. The van der Waals surface area contributed by atoms with Crippen molar-refractivity contribution >= 4 is 17.5 Å². The van der Waals surface area contributed by atoms with E-state index < -0.39 is 5.91 Å². The molecule has 4 nitrogen and oxygen atoms in total. The highest BCUT2D eigenvalue weighted by Crippen LogP contribution is 2.09. The van der Waals surface area contributed by atoms with Crippen molar-refractivity contribution in [2.75, 3.05) is 6.54 Å². The quantitative estimate of drug-likeness (QED) is 0.631. The number of nitrogens with one attached hydrogen (secondary N) is 2. The Labute approximate surface area is 111 Å². The standard InChI is InChI=1S/C13H14ClN3O/c1-2-16-9-11(7-15)13(18)17-8-10-3-5-12(14)6-4-10/h3-6,9,16H,2,8H2,1H3,(H,17,18)/b11-9-. The summed E-state index contributed by atoms with van der Waals surface area (Å²) in [5, 5.41) is 15.0. The van der Waals surface area contributed by atoms with Crippen molar-refractivity contribution in [3.05, 3.63) is 46.6 Å².